The second-order valence-electron chi connectivity index (χ2n) is 14.9. The van der Waals surface area contributed by atoms with Crippen LogP contribution in [0.3, 0.4) is 0 Å². The van der Waals surface area contributed by atoms with E-state index < -0.39 is 120 Å². The molecule has 2 aromatic heterocycles. The van der Waals surface area contributed by atoms with Crippen molar-refractivity contribution in [3.8, 4) is 0 Å². The zero-order chi connectivity index (χ0) is 52.1. The molecule has 6 amide bonds. The van der Waals surface area contributed by atoms with Crippen LogP contribution in [0, 0.1) is 0 Å². The Morgan fingerprint density at radius 1 is 0.714 bits per heavy atom. The molecule has 0 aliphatic carbocycles. The van der Waals surface area contributed by atoms with Crippen molar-refractivity contribution in [1.82, 2.24) is 51.8 Å². The van der Waals surface area contributed by atoms with Gasteiger partial charge < -0.3 is 74.8 Å². The maximum Gasteiger partial charge on any atom is 0.327 e. The Bertz CT molecular complexity index is 2520. The van der Waals surface area contributed by atoms with Crippen LogP contribution in [-0.2, 0) is 49.7 Å². The number of benzene rings is 1. The lowest BCUT2D eigenvalue weighted by molar-refractivity contribution is -0.144. The fraction of sp³-hybridized carbons (Fsp3) is 0.410. The van der Waals surface area contributed by atoms with Gasteiger partial charge in [-0.05, 0) is 43.5 Å². The minimum absolute atomic E-state index is 0.00604. The third-order valence-corrected chi connectivity index (χ3v) is 9.77. The molecule has 0 aliphatic heterocycles. The SMILES string of the molecule is NC(N)=NCCC[C@@H](NC(=O)[C@@H](CC(=O)O)NC(=O)CCCNC(=O)c1ccc(NCc2cnc3nc(N)[nH]c(=O)c3n2)cc1)C(=O)N[C@@H](CC(=O)O)C(=O)N[C@@H](CC(=O)O)C(=O)N[C@@H](CS)C(=O)O. The highest BCUT2D eigenvalue weighted by Crippen LogP contribution is 2.12. The van der Waals surface area contributed by atoms with Gasteiger partial charge in [-0.15, -0.1) is 0 Å². The van der Waals surface area contributed by atoms with Crippen LogP contribution < -0.4 is 60.0 Å². The molecule has 378 valence electrons. The van der Waals surface area contributed by atoms with Crippen LogP contribution in [0.25, 0.3) is 11.2 Å². The van der Waals surface area contributed by atoms with Gasteiger partial charge in [0.15, 0.2) is 17.1 Å². The zero-order valence-electron chi connectivity index (χ0n) is 36.8. The Morgan fingerprint density at radius 3 is 1.77 bits per heavy atom. The first kappa shape index (κ1) is 55.7. The number of nitrogens with zero attached hydrogens (tertiary/aromatic N) is 4. The molecule has 0 bridgehead atoms. The summed E-state index contributed by atoms with van der Waals surface area (Å²) in [5.74, 6) is -13.8. The number of nitrogen functional groups attached to an aromatic ring is 1. The smallest absolute Gasteiger partial charge is 0.327 e. The van der Waals surface area contributed by atoms with E-state index in [-0.39, 0.29) is 74.0 Å². The van der Waals surface area contributed by atoms with E-state index in [2.05, 4.69) is 64.1 Å². The number of carboxylic acids is 4. The topological polar surface area (TPSA) is 498 Å². The fourth-order valence-electron chi connectivity index (χ4n) is 6.01. The summed E-state index contributed by atoms with van der Waals surface area (Å²) >= 11 is 3.79. The highest BCUT2D eigenvalue weighted by Gasteiger charge is 2.34. The number of aromatic amines is 1. The first-order valence-corrected chi connectivity index (χ1v) is 21.4. The average Bonchev–Trinajstić information content (AvgIpc) is 3.28. The van der Waals surface area contributed by atoms with Gasteiger partial charge in [-0.1, -0.05) is 0 Å². The Kier molecular flexibility index (Phi) is 21.7. The van der Waals surface area contributed by atoms with Crippen LogP contribution in [0.4, 0.5) is 11.6 Å². The maximum absolute atomic E-state index is 13.6. The van der Waals surface area contributed by atoms with Crippen molar-refractivity contribution < 1.29 is 68.4 Å². The maximum atomic E-state index is 13.6. The van der Waals surface area contributed by atoms with Crippen LogP contribution in [0.2, 0.25) is 0 Å². The predicted octanol–water partition coefficient (Wildman–Crippen LogP) is -4.67. The molecule has 0 radical (unpaired) electrons. The molecule has 2 heterocycles. The Hall–Kier alpha value is -8.64. The number of carboxylic acid groups (broad SMARTS) is 4. The molecule has 0 saturated carbocycles. The summed E-state index contributed by atoms with van der Waals surface area (Å²) in [6.45, 7) is 0.0160. The third kappa shape index (κ3) is 18.9. The van der Waals surface area contributed by atoms with Crippen LogP contribution in [0.5, 0.6) is 0 Å². The minimum atomic E-state index is -2.05. The molecule has 3 aromatic rings. The quantitative estimate of drug-likeness (QED) is 0.0135. The molecule has 1 aromatic carbocycles. The van der Waals surface area contributed by atoms with Gasteiger partial charge in [0.05, 0.1) is 37.7 Å². The standard InChI is InChI=1S/C39H51N15O15S/c40-38(41)44-10-1-3-20(32(63)50-22(12-27(58)59)34(65)51-23(13-28(60)61)35(66)52-24(16-70)37(68)69)49-33(64)21(11-26(56)57)48-25(55)4-2-9-43-31(62)17-5-7-18(8-6-17)45-14-19-15-46-30-29(47-19)36(67)54-39(42)53-30/h5-8,15,20-24,45,70H,1-4,9-14,16H2,(H,43,62)(H,48,55)(H,49,64)(H,50,63)(H,51,65)(H,52,66)(H,56,57)(H,58,59)(H,60,61)(H,68,69)(H4,40,41,44)(H3,42,46,53,54,67)/t20-,21-,22+,23+,24+/m1/s1. The van der Waals surface area contributed by atoms with Crippen molar-refractivity contribution in [3.63, 3.8) is 0 Å². The lowest BCUT2D eigenvalue weighted by Crippen LogP contribution is -2.59. The second-order valence-corrected chi connectivity index (χ2v) is 15.3. The number of rotatable bonds is 29. The van der Waals surface area contributed by atoms with Gasteiger partial charge in [0.25, 0.3) is 11.5 Å². The summed E-state index contributed by atoms with van der Waals surface area (Å²) in [6.07, 6.45) is -2.52. The van der Waals surface area contributed by atoms with Gasteiger partial charge in [0.1, 0.15) is 30.2 Å². The van der Waals surface area contributed by atoms with Crippen molar-refractivity contribution in [2.45, 2.75) is 81.7 Å². The summed E-state index contributed by atoms with van der Waals surface area (Å²) in [4.78, 5) is 156. The number of guanidine groups is 1. The highest BCUT2D eigenvalue weighted by molar-refractivity contribution is 7.80. The van der Waals surface area contributed by atoms with Crippen molar-refractivity contribution in [3.05, 3.63) is 52.1 Å². The predicted molar refractivity (Wildman–Crippen MR) is 246 cm³/mol. The second kappa shape index (κ2) is 27.2. The van der Waals surface area contributed by atoms with E-state index in [1.54, 1.807) is 12.1 Å². The number of nitrogens with one attached hydrogen (secondary N) is 8. The van der Waals surface area contributed by atoms with E-state index in [0.29, 0.717) is 11.4 Å². The number of amides is 6. The van der Waals surface area contributed by atoms with Crippen molar-refractivity contribution in [1.29, 1.82) is 0 Å². The summed E-state index contributed by atoms with van der Waals surface area (Å²) in [5.41, 5.74) is 17.0. The molecule has 0 unspecified atom stereocenters. The normalized spacial score (nSPS) is 12.9. The fourth-order valence-corrected chi connectivity index (χ4v) is 6.25. The molecule has 0 spiro atoms. The summed E-state index contributed by atoms with van der Waals surface area (Å²) in [6, 6.07) is -2.88. The van der Waals surface area contributed by atoms with Crippen molar-refractivity contribution >= 4 is 101 Å². The number of aliphatic carboxylic acids is 4. The van der Waals surface area contributed by atoms with E-state index in [4.69, 9.17) is 17.2 Å². The van der Waals surface area contributed by atoms with Crippen LogP contribution in [-0.4, -0.2) is 155 Å². The number of H-pyrrole nitrogens is 1. The van der Waals surface area contributed by atoms with Gasteiger partial charge in [-0.2, -0.15) is 17.6 Å². The number of thiol groups is 1. The van der Waals surface area contributed by atoms with E-state index in [1.807, 2.05) is 10.6 Å². The molecule has 5 atom stereocenters. The molecule has 0 aliphatic rings. The molecular weight excluding hydrogens is 951 g/mol. The van der Waals surface area contributed by atoms with E-state index in [0.717, 1.165) is 0 Å². The number of carbonyl (C=O) groups is 10. The minimum Gasteiger partial charge on any atom is -0.481 e. The number of hydrogen-bond acceptors (Lipinski definition) is 18. The number of carbonyl (C=O) groups excluding carboxylic acids is 6. The third-order valence-electron chi connectivity index (χ3n) is 9.40. The first-order valence-electron chi connectivity index (χ1n) is 20.8. The number of anilines is 2. The lowest BCUT2D eigenvalue weighted by Gasteiger charge is -2.26. The molecular formula is C39H51N15O15S. The van der Waals surface area contributed by atoms with Gasteiger partial charge in [-0.25, -0.2) is 14.8 Å². The number of fused-ring (bicyclic) bond motifs is 1. The summed E-state index contributed by atoms with van der Waals surface area (Å²) in [7, 11) is 0. The van der Waals surface area contributed by atoms with Gasteiger partial charge in [-0.3, -0.25) is 57.9 Å². The number of nitrogens with two attached hydrogens (primary N) is 3. The zero-order valence-corrected chi connectivity index (χ0v) is 37.7. The Morgan fingerprint density at radius 2 is 1.24 bits per heavy atom. The number of aromatic nitrogens is 4. The molecule has 70 heavy (non-hydrogen) atoms. The Balaban J connectivity index is 1.63. The Labute approximate surface area is 400 Å². The number of hydrogen-bond donors (Lipinski definition) is 16. The summed E-state index contributed by atoms with van der Waals surface area (Å²) < 4.78 is 0. The first-order chi connectivity index (χ1) is 33.1. The van der Waals surface area contributed by atoms with Crippen LogP contribution in [0.1, 0.15) is 61.0 Å². The summed E-state index contributed by atoms with van der Waals surface area (Å²) in [5, 5.41) is 53.9. The van der Waals surface area contributed by atoms with Gasteiger partial charge in [0.2, 0.25) is 35.5 Å². The molecule has 0 fully saturated rings. The molecule has 18 N–H and O–H groups in total. The van der Waals surface area contributed by atoms with Crippen LogP contribution >= 0.6 is 12.6 Å². The van der Waals surface area contributed by atoms with Crippen LogP contribution in [0.15, 0.2) is 40.2 Å². The number of aliphatic imine (C=N–C) groups is 1. The van der Waals surface area contributed by atoms with E-state index >= 15 is 0 Å². The average molecular weight is 1000 g/mol. The van der Waals surface area contributed by atoms with Gasteiger partial charge >= 0.3 is 23.9 Å². The molecule has 31 heteroatoms. The largest absolute Gasteiger partial charge is 0.481 e. The van der Waals surface area contributed by atoms with Crippen molar-refractivity contribution in [2.75, 3.05) is 29.9 Å². The van der Waals surface area contributed by atoms with Crippen molar-refractivity contribution in [2.24, 2.45) is 16.5 Å². The lowest BCUT2D eigenvalue weighted by atomic mass is 10.1. The highest BCUT2D eigenvalue weighted by atomic mass is 32.1. The van der Waals surface area contributed by atoms with Gasteiger partial charge in [0, 0.05) is 36.5 Å². The molecule has 0 saturated heterocycles. The molecule has 30 nitrogen and oxygen atoms in total. The van der Waals surface area contributed by atoms with E-state index in [9.17, 15) is 73.2 Å². The molecule has 3 rings (SSSR count). The van der Waals surface area contributed by atoms with E-state index in [1.165, 1.54) is 18.3 Å². The monoisotopic (exact) mass is 1000 g/mol.